The van der Waals surface area contributed by atoms with Gasteiger partial charge in [-0.25, -0.2) is 4.39 Å². The molecule has 0 atom stereocenters. The molecule has 0 unspecified atom stereocenters. The van der Waals surface area contributed by atoms with Crippen LogP contribution in [0.1, 0.15) is 15.9 Å². The highest BCUT2D eigenvalue weighted by Gasteiger charge is 2.12. The van der Waals surface area contributed by atoms with Crippen molar-refractivity contribution in [3.63, 3.8) is 0 Å². The van der Waals surface area contributed by atoms with Crippen LogP contribution in [0, 0.1) is 12.7 Å². The highest BCUT2D eigenvalue weighted by atomic mass is 19.1. The molecule has 2 aromatic rings. The Labute approximate surface area is 102 Å². The molecule has 0 saturated heterocycles. The van der Waals surface area contributed by atoms with E-state index in [2.05, 4.69) is 10.3 Å². The van der Waals surface area contributed by atoms with Crippen LogP contribution in [0.15, 0.2) is 41.3 Å². The zero-order chi connectivity index (χ0) is 13.1. The highest BCUT2D eigenvalue weighted by molar-refractivity contribution is 6.04. The number of rotatable bonds is 2. The maximum Gasteiger partial charge on any atom is 0.261 e. The molecular weight excluding hydrogens is 235 g/mol. The Morgan fingerprint density at radius 1 is 1.33 bits per heavy atom. The maximum atomic E-state index is 13.5. The molecule has 18 heavy (non-hydrogen) atoms. The number of carbonyl (C=O) groups is 1. The zero-order valence-electron chi connectivity index (χ0n) is 9.66. The molecule has 0 aliphatic rings. The quantitative estimate of drug-likeness (QED) is 0.852. The van der Waals surface area contributed by atoms with E-state index in [1.54, 1.807) is 13.0 Å². The fraction of sp³-hybridized carbons (Fsp3) is 0.0769. The first-order valence-electron chi connectivity index (χ1n) is 5.33. The summed E-state index contributed by atoms with van der Waals surface area (Å²) in [6.07, 6.45) is 1.42. The lowest BCUT2D eigenvalue weighted by molar-refractivity contribution is 0.102. The van der Waals surface area contributed by atoms with Crippen molar-refractivity contribution in [2.45, 2.75) is 6.92 Å². The number of aromatic amines is 1. The summed E-state index contributed by atoms with van der Waals surface area (Å²) in [7, 11) is 0. The second kappa shape index (κ2) is 4.83. The average Bonchev–Trinajstić information content (AvgIpc) is 2.33. The van der Waals surface area contributed by atoms with Crippen LogP contribution in [0.5, 0.6) is 0 Å². The fourth-order valence-corrected chi connectivity index (χ4v) is 1.51. The lowest BCUT2D eigenvalue weighted by Crippen LogP contribution is -2.22. The highest BCUT2D eigenvalue weighted by Crippen LogP contribution is 2.15. The molecule has 1 aromatic carbocycles. The van der Waals surface area contributed by atoms with Gasteiger partial charge in [0, 0.05) is 6.20 Å². The number of anilines is 1. The van der Waals surface area contributed by atoms with Crippen molar-refractivity contribution in [2.24, 2.45) is 0 Å². The molecule has 0 aliphatic carbocycles. The van der Waals surface area contributed by atoms with Gasteiger partial charge < -0.3 is 10.3 Å². The molecule has 1 heterocycles. The number of halogens is 1. The number of amides is 1. The number of nitrogens with one attached hydrogen (secondary N) is 2. The molecule has 0 aliphatic heterocycles. The molecule has 0 bridgehead atoms. The van der Waals surface area contributed by atoms with E-state index in [0.717, 1.165) is 5.56 Å². The van der Waals surface area contributed by atoms with Gasteiger partial charge in [0.1, 0.15) is 11.4 Å². The summed E-state index contributed by atoms with van der Waals surface area (Å²) in [5.74, 6) is -1.17. The van der Waals surface area contributed by atoms with Crippen LogP contribution < -0.4 is 10.9 Å². The molecule has 0 saturated carbocycles. The Kier molecular flexibility index (Phi) is 3.23. The smallest absolute Gasteiger partial charge is 0.261 e. The van der Waals surface area contributed by atoms with Gasteiger partial charge in [-0.05, 0) is 36.8 Å². The van der Waals surface area contributed by atoms with Gasteiger partial charge in [0.25, 0.3) is 11.5 Å². The van der Waals surface area contributed by atoms with Gasteiger partial charge in [0.2, 0.25) is 0 Å². The number of aromatic nitrogens is 1. The Morgan fingerprint density at radius 2 is 2.11 bits per heavy atom. The maximum absolute atomic E-state index is 13.5. The molecule has 1 amide bonds. The number of pyridine rings is 1. The standard InChI is InChI=1S/C13H11FN2O2/c1-8-4-5-11(10(14)7-8)16-13(18)9-3-2-6-15-12(9)17/h2-7H,1H3,(H,15,17)(H,16,18). The van der Waals surface area contributed by atoms with Gasteiger partial charge in [-0.15, -0.1) is 0 Å². The van der Waals surface area contributed by atoms with Crippen LogP contribution in [0.4, 0.5) is 10.1 Å². The summed E-state index contributed by atoms with van der Waals surface area (Å²) < 4.78 is 13.5. The van der Waals surface area contributed by atoms with Crippen LogP contribution in [0.2, 0.25) is 0 Å². The first-order valence-corrected chi connectivity index (χ1v) is 5.33. The minimum absolute atomic E-state index is 0.0499. The number of carbonyl (C=O) groups excluding carboxylic acids is 1. The second-order valence-electron chi connectivity index (χ2n) is 3.85. The number of H-pyrrole nitrogens is 1. The normalized spacial score (nSPS) is 10.1. The van der Waals surface area contributed by atoms with Gasteiger partial charge in [-0.1, -0.05) is 6.07 Å². The van der Waals surface area contributed by atoms with E-state index in [1.165, 1.54) is 30.5 Å². The Hall–Kier alpha value is -2.43. The molecule has 2 N–H and O–H groups in total. The Morgan fingerprint density at radius 3 is 2.78 bits per heavy atom. The molecule has 92 valence electrons. The zero-order valence-corrected chi connectivity index (χ0v) is 9.66. The topological polar surface area (TPSA) is 62.0 Å². The van der Waals surface area contributed by atoms with E-state index >= 15 is 0 Å². The van der Waals surface area contributed by atoms with Crippen molar-refractivity contribution in [3.8, 4) is 0 Å². The van der Waals surface area contributed by atoms with Gasteiger partial charge >= 0.3 is 0 Å². The fourth-order valence-electron chi connectivity index (χ4n) is 1.51. The minimum Gasteiger partial charge on any atom is -0.328 e. The molecule has 0 fully saturated rings. The summed E-state index contributed by atoms with van der Waals surface area (Å²) >= 11 is 0. The third-order valence-corrected chi connectivity index (χ3v) is 2.44. The van der Waals surface area contributed by atoms with Crippen LogP contribution >= 0.6 is 0 Å². The van der Waals surface area contributed by atoms with Crippen molar-refractivity contribution in [2.75, 3.05) is 5.32 Å². The number of hydrogen-bond acceptors (Lipinski definition) is 2. The first-order chi connectivity index (χ1) is 8.58. The van der Waals surface area contributed by atoms with Crippen LogP contribution in [-0.2, 0) is 0 Å². The molecular formula is C13H11FN2O2. The van der Waals surface area contributed by atoms with E-state index in [0.29, 0.717) is 0 Å². The molecule has 0 radical (unpaired) electrons. The monoisotopic (exact) mass is 246 g/mol. The van der Waals surface area contributed by atoms with Gasteiger partial charge in [0.05, 0.1) is 5.69 Å². The molecule has 4 nitrogen and oxygen atoms in total. The predicted molar refractivity (Wildman–Crippen MR) is 66.2 cm³/mol. The Balaban J connectivity index is 2.27. The number of hydrogen-bond donors (Lipinski definition) is 2. The average molecular weight is 246 g/mol. The predicted octanol–water partition coefficient (Wildman–Crippen LogP) is 2.07. The van der Waals surface area contributed by atoms with E-state index in [-0.39, 0.29) is 11.3 Å². The van der Waals surface area contributed by atoms with Gasteiger partial charge in [-0.2, -0.15) is 0 Å². The van der Waals surface area contributed by atoms with E-state index in [1.807, 2.05) is 0 Å². The SMILES string of the molecule is Cc1ccc(NC(=O)c2ccc[nH]c2=O)c(F)c1. The van der Waals surface area contributed by atoms with E-state index in [9.17, 15) is 14.0 Å². The van der Waals surface area contributed by atoms with Crippen LogP contribution in [0.25, 0.3) is 0 Å². The molecule has 5 heteroatoms. The number of benzene rings is 1. The summed E-state index contributed by atoms with van der Waals surface area (Å²) in [6, 6.07) is 7.35. The van der Waals surface area contributed by atoms with Gasteiger partial charge in [0.15, 0.2) is 0 Å². The summed E-state index contributed by atoms with van der Waals surface area (Å²) in [6.45, 7) is 1.75. The summed E-state index contributed by atoms with van der Waals surface area (Å²) in [4.78, 5) is 25.5. The van der Waals surface area contributed by atoms with Crippen molar-refractivity contribution in [1.82, 2.24) is 4.98 Å². The first kappa shape index (κ1) is 12.0. The van der Waals surface area contributed by atoms with E-state index in [4.69, 9.17) is 0 Å². The summed E-state index contributed by atoms with van der Waals surface area (Å²) in [5.41, 5.74) is 0.233. The number of aryl methyl sites for hydroxylation is 1. The minimum atomic E-state index is -0.639. The molecule has 2 rings (SSSR count). The largest absolute Gasteiger partial charge is 0.328 e. The lowest BCUT2D eigenvalue weighted by atomic mass is 10.2. The van der Waals surface area contributed by atoms with Crippen molar-refractivity contribution < 1.29 is 9.18 Å². The van der Waals surface area contributed by atoms with Gasteiger partial charge in [-0.3, -0.25) is 9.59 Å². The second-order valence-corrected chi connectivity index (χ2v) is 3.85. The van der Waals surface area contributed by atoms with Crippen LogP contribution in [0.3, 0.4) is 0 Å². The van der Waals surface area contributed by atoms with Crippen molar-refractivity contribution in [1.29, 1.82) is 0 Å². The molecule has 0 spiro atoms. The van der Waals surface area contributed by atoms with Crippen molar-refractivity contribution >= 4 is 11.6 Å². The summed E-state index contributed by atoms with van der Waals surface area (Å²) in [5, 5.41) is 2.36. The molecule has 1 aromatic heterocycles. The van der Waals surface area contributed by atoms with E-state index < -0.39 is 17.3 Å². The third-order valence-electron chi connectivity index (χ3n) is 2.44. The van der Waals surface area contributed by atoms with Crippen molar-refractivity contribution in [3.05, 3.63) is 63.8 Å². The Bertz CT molecular complexity index is 649. The lowest BCUT2D eigenvalue weighted by Gasteiger charge is -2.06. The van der Waals surface area contributed by atoms with Crippen LogP contribution in [-0.4, -0.2) is 10.9 Å². The third kappa shape index (κ3) is 2.45.